The Morgan fingerprint density at radius 1 is 1.43 bits per heavy atom. The lowest BCUT2D eigenvalue weighted by atomic mass is 10.1. The van der Waals surface area contributed by atoms with Gasteiger partial charge in [0.2, 0.25) is 5.91 Å². The molecule has 1 aromatic heterocycles. The first-order valence-electron chi connectivity index (χ1n) is 7.23. The average Bonchev–Trinajstić information content (AvgIpc) is 2.92. The third kappa shape index (κ3) is 3.26. The topological polar surface area (TPSA) is 74.0 Å². The minimum Gasteiger partial charge on any atom is -0.453 e. The molecule has 1 aliphatic rings. The Kier molecular flexibility index (Phi) is 4.67. The van der Waals surface area contributed by atoms with Crippen LogP contribution in [0.25, 0.3) is 0 Å². The van der Waals surface area contributed by atoms with Gasteiger partial charge in [-0.1, -0.05) is 13.8 Å². The van der Waals surface area contributed by atoms with Crippen LogP contribution in [0.4, 0.5) is 0 Å². The van der Waals surface area contributed by atoms with Gasteiger partial charge in [-0.3, -0.25) is 9.59 Å². The van der Waals surface area contributed by atoms with E-state index in [9.17, 15) is 9.59 Å². The molecule has 1 atom stereocenters. The van der Waals surface area contributed by atoms with Crippen molar-refractivity contribution in [1.82, 2.24) is 9.80 Å². The van der Waals surface area contributed by atoms with Gasteiger partial charge in [0, 0.05) is 19.6 Å². The van der Waals surface area contributed by atoms with Gasteiger partial charge in [-0.05, 0) is 25.0 Å². The van der Waals surface area contributed by atoms with Crippen molar-refractivity contribution in [2.75, 3.05) is 19.6 Å². The van der Waals surface area contributed by atoms with Crippen molar-refractivity contribution in [3.05, 3.63) is 23.7 Å². The van der Waals surface area contributed by atoms with Crippen molar-refractivity contribution in [1.29, 1.82) is 0 Å². The second-order valence-electron chi connectivity index (χ2n) is 5.78. The second-order valence-corrected chi connectivity index (χ2v) is 5.78. The van der Waals surface area contributed by atoms with Gasteiger partial charge in [-0.2, -0.15) is 0 Å². The zero-order chi connectivity index (χ0) is 15.6. The van der Waals surface area contributed by atoms with Crippen molar-refractivity contribution in [3.63, 3.8) is 0 Å². The Morgan fingerprint density at radius 2 is 2.14 bits per heavy atom. The van der Waals surface area contributed by atoms with Crippen LogP contribution in [0, 0.1) is 5.92 Å². The van der Waals surface area contributed by atoms with Crippen LogP contribution in [-0.2, 0) is 11.4 Å². The molecule has 1 aliphatic heterocycles. The molecule has 116 valence electrons. The lowest BCUT2D eigenvalue weighted by Crippen LogP contribution is -2.58. The van der Waals surface area contributed by atoms with Gasteiger partial charge in [-0.25, -0.2) is 0 Å². The van der Waals surface area contributed by atoms with Gasteiger partial charge in [0.05, 0.1) is 0 Å². The fourth-order valence-electron chi connectivity index (χ4n) is 2.55. The van der Waals surface area contributed by atoms with Crippen LogP contribution in [0.5, 0.6) is 0 Å². The summed E-state index contributed by atoms with van der Waals surface area (Å²) >= 11 is 0. The maximum absolute atomic E-state index is 12.4. The Balaban J connectivity index is 2.08. The van der Waals surface area contributed by atoms with Crippen LogP contribution in [0.15, 0.2) is 16.5 Å². The Morgan fingerprint density at radius 3 is 2.71 bits per heavy atom. The van der Waals surface area contributed by atoms with E-state index in [4.69, 9.17) is 9.52 Å². The van der Waals surface area contributed by atoms with Gasteiger partial charge in [0.25, 0.3) is 5.91 Å². The molecule has 0 saturated carbocycles. The van der Waals surface area contributed by atoms with Gasteiger partial charge in [0.1, 0.15) is 18.4 Å². The SMILES string of the molecule is CC(C)CN1CCN(C(=O)c2ccc(CO)o2)[C@@H](C)C1=O. The van der Waals surface area contributed by atoms with E-state index in [0.29, 0.717) is 31.3 Å². The quantitative estimate of drug-likeness (QED) is 0.902. The van der Waals surface area contributed by atoms with Crippen LogP contribution in [-0.4, -0.2) is 52.4 Å². The maximum atomic E-state index is 12.4. The molecule has 0 bridgehead atoms. The highest BCUT2D eigenvalue weighted by molar-refractivity contribution is 5.96. The number of carbonyl (C=O) groups excluding carboxylic acids is 2. The molecule has 1 N–H and O–H groups in total. The van der Waals surface area contributed by atoms with Crippen molar-refractivity contribution in [2.45, 2.75) is 33.4 Å². The van der Waals surface area contributed by atoms with E-state index in [1.165, 1.54) is 11.0 Å². The number of amides is 2. The molecule has 0 aromatic carbocycles. The third-order valence-electron chi connectivity index (χ3n) is 3.62. The summed E-state index contributed by atoms with van der Waals surface area (Å²) in [5.74, 6) is 0.573. The molecule has 2 heterocycles. The molecule has 2 rings (SSSR count). The molecular weight excluding hydrogens is 272 g/mol. The number of hydrogen-bond acceptors (Lipinski definition) is 4. The van der Waals surface area contributed by atoms with Crippen LogP contribution >= 0.6 is 0 Å². The molecule has 6 heteroatoms. The Bertz CT molecular complexity index is 523. The fraction of sp³-hybridized carbons (Fsp3) is 0.600. The largest absolute Gasteiger partial charge is 0.453 e. The highest BCUT2D eigenvalue weighted by Gasteiger charge is 2.35. The summed E-state index contributed by atoms with van der Waals surface area (Å²) in [5, 5.41) is 8.98. The standard InChI is InChI=1S/C15H22N2O4/c1-10(2)8-16-6-7-17(11(3)14(16)19)15(20)13-5-4-12(9-18)21-13/h4-5,10-11,18H,6-9H2,1-3H3/t11-/m0/s1. The number of nitrogens with zero attached hydrogens (tertiary/aromatic N) is 2. The van der Waals surface area contributed by atoms with Gasteiger partial charge in [-0.15, -0.1) is 0 Å². The van der Waals surface area contributed by atoms with E-state index in [1.807, 2.05) is 0 Å². The summed E-state index contributed by atoms with van der Waals surface area (Å²) < 4.78 is 5.26. The first kappa shape index (κ1) is 15.6. The number of rotatable bonds is 4. The van der Waals surface area contributed by atoms with Gasteiger partial charge < -0.3 is 19.3 Å². The van der Waals surface area contributed by atoms with E-state index in [2.05, 4.69) is 13.8 Å². The molecule has 0 unspecified atom stereocenters. The van der Waals surface area contributed by atoms with Gasteiger partial charge >= 0.3 is 0 Å². The molecule has 2 amide bonds. The summed E-state index contributed by atoms with van der Waals surface area (Å²) in [7, 11) is 0. The zero-order valence-electron chi connectivity index (χ0n) is 12.7. The number of piperazine rings is 1. The first-order valence-corrected chi connectivity index (χ1v) is 7.23. The molecule has 6 nitrogen and oxygen atoms in total. The van der Waals surface area contributed by atoms with Gasteiger partial charge in [0.15, 0.2) is 5.76 Å². The molecule has 1 fully saturated rings. The minimum atomic E-state index is -0.493. The fourth-order valence-corrected chi connectivity index (χ4v) is 2.55. The van der Waals surface area contributed by atoms with E-state index >= 15 is 0 Å². The Hall–Kier alpha value is -1.82. The summed E-state index contributed by atoms with van der Waals surface area (Å²) in [6.07, 6.45) is 0. The van der Waals surface area contributed by atoms with E-state index in [-0.39, 0.29) is 24.2 Å². The first-order chi connectivity index (χ1) is 9.93. The molecule has 21 heavy (non-hydrogen) atoms. The number of furan rings is 1. The second kappa shape index (κ2) is 6.30. The van der Waals surface area contributed by atoms with Crippen molar-refractivity contribution in [2.24, 2.45) is 5.92 Å². The molecule has 1 saturated heterocycles. The summed E-state index contributed by atoms with van der Waals surface area (Å²) in [4.78, 5) is 28.1. The normalized spacial score (nSPS) is 19.5. The zero-order valence-corrected chi connectivity index (χ0v) is 12.7. The van der Waals surface area contributed by atoms with E-state index < -0.39 is 6.04 Å². The summed E-state index contributed by atoms with van der Waals surface area (Å²) in [6.45, 7) is 7.37. The number of aliphatic hydroxyl groups excluding tert-OH is 1. The van der Waals surface area contributed by atoms with E-state index in [0.717, 1.165) is 0 Å². The van der Waals surface area contributed by atoms with Crippen molar-refractivity contribution in [3.8, 4) is 0 Å². The number of aliphatic hydroxyl groups is 1. The van der Waals surface area contributed by atoms with Crippen LogP contribution in [0.2, 0.25) is 0 Å². The Labute approximate surface area is 124 Å². The highest BCUT2D eigenvalue weighted by atomic mass is 16.4. The minimum absolute atomic E-state index is 0.0303. The number of hydrogen-bond donors (Lipinski definition) is 1. The van der Waals surface area contributed by atoms with Crippen LogP contribution < -0.4 is 0 Å². The predicted molar refractivity (Wildman–Crippen MR) is 76.5 cm³/mol. The average molecular weight is 294 g/mol. The smallest absolute Gasteiger partial charge is 0.290 e. The lowest BCUT2D eigenvalue weighted by molar-refractivity contribution is -0.140. The predicted octanol–water partition coefficient (Wildman–Crippen LogP) is 1.10. The van der Waals surface area contributed by atoms with Crippen molar-refractivity contribution >= 4 is 11.8 Å². The highest BCUT2D eigenvalue weighted by Crippen LogP contribution is 2.18. The third-order valence-corrected chi connectivity index (χ3v) is 3.62. The molecule has 0 radical (unpaired) electrons. The lowest BCUT2D eigenvalue weighted by Gasteiger charge is -2.39. The van der Waals surface area contributed by atoms with E-state index in [1.54, 1.807) is 17.9 Å². The number of carbonyl (C=O) groups is 2. The summed E-state index contributed by atoms with van der Waals surface area (Å²) in [6, 6.07) is 2.60. The molecule has 0 aliphatic carbocycles. The monoisotopic (exact) mass is 294 g/mol. The summed E-state index contributed by atoms with van der Waals surface area (Å²) in [5.41, 5.74) is 0. The van der Waals surface area contributed by atoms with Crippen LogP contribution in [0.1, 0.15) is 37.1 Å². The van der Waals surface area contributed by atoms with Crippen molar-refractivity contribution < 1.29 is 19.1 Å². The molecule has 1 aromatic rings. The van der Waals surface area contributed by atoms with Crippen LogP contribution in [0.3, 0.4) is 0 Å². The molecule has 0 spiro atoms. The molecular formula is C15H22N2O4. The maximum Gasteiger partial charge on any atom is 0.290 e.